The van der Waals surface area contributed by atoms with Crippen LogP contribution in [0.4, 0.5) is 10.5 Å². The van der Waals surface area contributed by atoms with E-state index in [1.807, 2.05) is 11.4 Å². The number of esters is 1. The minimum absolute atomic E-state index is 0.0864. The lowest BCUT2D eigenvalue weighted by Crippen LogP contribution is -2.41. The summed E-state index contributed by atoms with van der Waals surface area (Å²) in [6.45, 7) is -1.13. The zero-order valence-corrected chi connectivity index (χ0v) is 16.7. The summed E-state index contributed by atoms with van der Waals surface area (Å²) in [5.74, 6) is -2.59. The lowest BCUT2D eigenvalue weighted by molar-refractivity contribution is -0.384. The number of carbonyl (C=O) groups is 4. The molecule has 0 bridgehead atoms. The van der Waals surface area contributed by atoms with Crippen molar-refractivity contribution in [2.24, 2.45) is 0 Å². The fourth-order valence-corrected chi connectivity index (χ4v) is 2.42. The van der Waals surface area contributed by atoms with E-state index in [9.17, 15) is 29.3 Å². The van der Waals surface area contributed by atoms with E-state index in [1.165, 1.54) is 12.1 Å². The SMILES string of the molecule is O=C(COC(=O)CNC(=O)c1ccc(Cl)c([N+](=O)[O-])c1)NC(=O)NCc1ccccc1. The molecule has 2 aromatic carbocycles. The monoisotopic (exact) mass is 448 g/mol. The van der Waals surface area contributed by atoms with E-state index in [1.54, 1.807) is 24.3 Å². The summed E-state index contributed by atoms with van der Waals surface area (Å²) >= 11 is 5.67. The standard InChI is InChI=1S/C19H17ClN4O7/c20-14-7-6-13(8-15(14)24(29)30)18(27)21-10-17(26)31-11-16(25)23-19(28)22-9-12-4-2-1-3-5-12/h1-8H,9-11H2,(H,21,27)(H2,22,23,25,28). The Balaban J connectivity index is 1.70. The van der Waals surface area contributed by atoms with Crippen LogP contribution in [-0.4, -0.2) is 41.9 Å². The van der Waals surface area contributed by atoms with Crippen molar-refractivity contribution < 1.29 is 28.8 Å². The highest BCUT2D eigenvalue weighted by atomic mass is 35.5. The van der Waals surface area contributed by atoms with Gasteiger partial charge in [0, 0.05) is 18.2 Å². The summed E-state index contributed by atoms with van der Waals surface area (Å²) in [5.41, 5.74) is 0.286. The molecule has 0 spiro atoms. The molecule has 162 valence electrons. The first-order valence-corrected chi connectivity index (χ1v) is 9.13. The summed E-state index contributed by atoms with van der Waals surface area (Å²) in [5, 5.41) is 17.4. The molecular formula is C19H17ClN4O7. The maximum atomic E-state index is 12.0. The lowest BCUT2D eigenvalue weighted by Gasteiger charge is -2.08. The van der Waals surface area contributed by atoms with E-state index < -0.39 is 47.6 Å². The predicted molar refractivity (Wildman–Crippen MR) is 108 cm³/mol. The number of hydrogen-bond acceptors (Lipinski definition) is 7. The second-order valence-electron chi connectivity index (χ2n) is 5.98. The first-order chi connectivity index (χ1) is 14.8. The fourth-order valence-electron chi connectivity index (χ4n) is 2.23. The van der Waals surface area contributed by atoms with Crippen LogP contribution >= 0.6 is 11.6 Å². The lowest BCUT2D eigenvalue weighted by atomic mass is 10.2. The number of nitro benzene ring substituents is 1. The maximum absolute atomic E-state index is 12.0. The molecule has 0 saturated carbocycles. The van der Waals surface area contributed by atoms with Crippen molar-refractivity contribution >= 4 is 41.1 Å². The second kappa shape index (κ2) is 11.3. The number of benzene rings is 2. The van der Waals surface area contributed by atoms with Crippen LogP contribution in [0.25, 0.3) is 0 Å². The number of nitro groups is 1. The average molecular weight is 449 g/mol. The van der Waals surface area contributed by atoms with Crippen molar-refractivity contribution in [1.29, 1.82) is 0 Å². The van der Waals surface area contributed by atoms with Gasteiger partial charge in [-0.15, -0.1) is 0 Å². The van der Waals surface area contributed by atoms with Crippen LogP contribution in [0.1, 0.15) is 15.9 Å². The molecule has 4 amide bonds. The molecule has 0 heterocycles. The highest BCUT2D eigenvalue weighted by Crippen LogP contribution is 2.24. The maximum Gasteiger partial charge on any atom is 0.325 e. The number of nitrogens with one attached hydrogen (secondary N) is 3. The smallest absolute Gasteiger partial charge is 0.325 e. The Kier molecular flexibility index (Phi) is 8.46. The molecule has 11 nitrogen and oxygen atoms in total. The number of halogens is 1. The number of carbonyl (C=O) groups excluding carboxylic acids is 4. The van der Waals surface area contributed by atoms with E-state index in [2.05, 4.69) is 15.4 Å². The van der Waals surface area contributed by atoms with Crippen LogP contribution in [0.5, 0.6) is 0 Å². The Bertz CT molecular complexity index is 998. The van der Waals surface area contributed by atoms with E-state index in [0.29, 0.717) is 0 Å². The predicted octanol–water partition coefficient (Wildman–Crippen LogP) is 1.55. The fraction of sp³-hybridized carbons (Fsp3) is 0.158. The summed E-state index contributed by atoms with van der Waals surface area (Å²) in [4.78, 5) is 57.0. The van der Waals surface area contributed by atoms with Crippen LogP contribution in [0.3, 0.4) is 0 Å². The van der Waals surface area contributed by atoms with Gasteiger partial charge >= 0.3 is 12.0 Å². The molecule has 0 radical (unpaired) electrons. The van der Waals surface area contributed by atoms with Gasteiger partial charge in [0.05, 0.1) is 4.92 Å². The van der Waals surface area contributed by atoms with E-state index in [4.69, 9.17) is 11.6 Å². The number of rotatable bonds is 8. The molecule has 0 unspecified atom stereocenters. The van der Waals surface area contributed by atoms with Crippen molar-refractivity contribution in [2.45, 2.75) is 6.54 Å². The summed E-state index contributed by atoms with van der Waals surface area (Å²) in [6.07, 6.45) is 0. The zero-order valence-electron chi connectivity index (χ0n) is 15.9. The number of urea groups is 1. The Hall–Kier alpha value is -3.99. The molecule has 12 heteroatoms. The van der Waals surface area contributed by atoms with Gasteiger partial charge in [0.1, 0.15) is 11.6 Å². The third-order valence-electron chi connectivity index (χ3n) is 3.71. The van der Waals surface area contributed by atoms with Crippen molar-refractivity contribution in [3.05, 3.63) is 74.8 Å². The Morgan fingerprint density at radius 1 is 1.03 bits per heavy atom. The van der Waals surface area contributed by atoms with E-state index in [0.717, 1.165) is 11.6 Å². The van der Waals surface area contributed by atoms with Gasteiger partial charge in [-0.25, -0.2) is 4.79 Å². The van der Waals surface area contributed by atoms with Gasteiger partial charge in [0.2, 0.25) is 0 Å². The number of imide groups is 1. The minimum atomic E-state index is -0.948. The first-order valence-electron chi connectivity index (χ1n) is 8.75. The molecule has 0 atom stereocenters. The van der Waals surface area contributed by atoms with Crippen LogP contribution < -0.4 is 16.0 Å². The van der Waals surface area contributed by atoms with Crippen LogP contribution in [0, 0.1) is 10.1 Å². The highest BCUT2D eigenvalue weighted by Gasteiger charge is 2.17. The molecule has 2 rings (SSSR count). The first kappa shape index (κ1) is 23.3. The van der Waals surface area contributed by atoms with Gasteiger partial charge in [0.15, 0.2) is 6.61 Å². The normalized spacial score (nSPS) is 9.97. The van der Waals surface area contributed by atoms with Crippen LogP contribution in [0.15, 0.2) is 48.5 Å². The Morgan fingerprint density at radius 3 is 2.42 bits per heavy atom. The third kappa shape index (κ3) is 7.74. The van der Waals surface area contributed by atoms with Gasteiger partial charge in [-0.05, 0) is 17.7 Å². The van der Waals surface area contributed by atoms with E-state index in [-0.39, 0.29) is 17.1 Å². The molecule has 0 aliphatic carbocycles. The van der Waals surface area contributed by atoms with Gasteiger partial charge in [-0.2, -0.15) is 0 Å². The number of amides is 4. The number of ether oxygens (including phenoxy) is 1. The van der Waals surface area contributed by atoms with Crippen LogP contribution in [-0.2, 0) is 20.9 Å². The van der Waals surface area contributed by atoms with Crippen molar-refractivity contribution in [1.82, 2.24) is 16.0 Å². The summed E-state index contributed by atoms with van der Waals surface area (Å²) in [6, 6.07) is 11.6. The van der Waals surface area contributed by atoms with Crippen LogP contribution in [0.2, 0.25) is 5.02 Å². The molecular weight excluding hydrogens is 432 g/mol. The highest BCUT2D eigenvalue weighted by molar-refractivity contribution is 6.32. The molecule has 0 saturated heterocycles. The average Bonchev–Trinajstić information content (AvgIpc) is 2.75. The van der Waals surface area contributed by atoms with E-state index >= 15 is 0 Å². The molecule has 0 aliphatic heterocycles. The van der Waals surface area contributed by atoms with Gasteiger partial charge in [0.25, 0.3) is 17.5 Å². The third-order valence-corrected chi connectivity index (χ3v) is 4.03. The molecule has 0 aromatic heterocycles. The topological polar surface area (TPSA) is 157 Å². The minimum Gasteiger partial charge on any atom is -0.454 e. The van der Waals surface area contributed by atoms with Crippen molar-refractivity contribution in [2.75, 3.05) is 13.2 Å². The number of nitrogens with zero attached hydrogens (tertiary/aromatic N) is 1. The molecule has 0 aliphatic rings. The quantitative estimate of drug-likeness (QED) is 0.314. The van der Waals surface area contributed by atoms with Gasteiger partial charge < -0.3 is 15.4 Å². The Labute approximate surface area is 180 Å². The van der Waals surface area contributed by atoms with Crippen molar-refractivity contribution in [3.8, 4) is 0 Å². The summed E-state index contributed by atoms with van der Waals surface area (Å²) in [7, 11) is 0. The Morgan fingerprint density at radius 2 is 1.74 bits per heavy atom. The molecule has 0 fully saturated rings. The molecule has 31 heavy (non-hydrogen) atoms. The molecule has 2 aromatic rings. The second-order valence-corrected chi connectivity index (χ2v) is 6.39. The largest absolute Gasteiger partial charge is 0.454 e. The molecule has 3 N–H and O–H groups in total. The van der Waals surface area contributed by atoms with Gasteiger partial charge in [-0.1, -0.05) is 41.9 Å². The summed E-state index contributed by atoms with van der Waals surface area (Å²) < 4.78 is 4.66. The zero-order chi connectivity index (χ0) is 22.8. The van der Waals surface area contributed by atoms with Gasteiger partial charge in [-0.3, -0.25) is 29.8 Å². The number of hydrogen-bond donors (Lipinski definition) is 3. The van der Waals surface area contributed by atoms with Crippen molar-refractivity contribution in [3.63, 3.8) is 0 Å².